The molecule has 3 nitrogen and oxygen atoms in total. The summed E-state index contributed by atoms with van der Waals surface area (Å²) in [4.78, 5) is 0. The van der Waals surface area contributed by atoms with Crippen molar-refractivity contribution < 1.29 is 0 Å². The van der Waals surface area contributed by atoms with Gasteiger partial charge in [-0.15, -0.1) is 6.58 Å². The number of rotatable bonds is 6. The Hall–Kier alpha value is -1.09. The summed E-state index contributed by atoms with van der Waals surface area (Å²) in [6, 6.07) is 0. The summed E-state index contributed by atoms with van der Waals surface area (Å²) in [7, 11) is 0. The lowest BCUT2D eigenvalue weighted by atomic mass is 10.2. The molecule has 0 aliphatic carbocycles. The molecule has 0 spiro atoms. The van der Waals surface area contributed by atoms with Gasteiger partial charge in [0.05, 0.1) is 6.20 Å². The lowest BCUT2D eigenvalue weighted by Gasteiger charge is -1.97. The lowest BCUT2D eigenvalue weighted by Crippen LogP contribution is -2.02. The summed E-state index contributed by atoms with van der Waals surface area (Å²) >= 11 is 0. The Morgan fingerprint density at radius 3 is 3.15 bits per heavy atom. The fourth-order valence-corrected chi connectivity index (χ4v) is 1.22. The van der Waals surface area contributed by atoms with Crippen LogP contribution in [0.15, 0.2) is 25.0 Å². The molecule has 0 bridgehead atoms. The second-order valence-electron chi connectivity index (χ2n) is 3.08. The van der Waals surface area contributed by atoms with Crippen molar-refractivity contribution in [2.24, 2.45) is 5.73 Å². The molecule has 0 atom stereocenters. The summed E-state index contributed by atoms with van der Waals surface area (Å²) in [6.45, 7) is 5.34. The summed E-state index contributed by atoms with van der Waals surface area (Å²) in [6.07, 6.45) is 8.96. The van der Waals surface area contributed by atoms with Gasteiger partial charge in [-0.3, -0.25) is 4.68 Å². The Kier molecular flexibility index (Phi) is 4.26. The lowest BCUT2D eigenvalue weighted by molar-refractivity contribution is 0.583. The number of hydrogen-bond donors (Lipinski definition) is 1. The van der Waals surface area contributed by atoms with Gasteiger partial charge in [0.2, 0.25) is 0 Å². The van der Waals surface area contributed by atoms with Crippen LogP contribution in [-0.2, 0) is 13.0 Å². The highest BCUT2D eigenvalue weighted by Crippen LogP contribution is 2.00. The van der Waals surface area contributed by atoms with Crippen molar-refractivity contribution in [2.75, 3.05) is 6.54 Å². The normalized spacial score (nSPS) is 10.2. The van der Waals surface area contributed by atoms with Gasteiger partial charge in [0, 0.05) is 12.7 Å². The number of aryl methyl sites for hydroxylation is 1. The molecule has 0 saturated carbocycles. The van der Waals surface area contributed by atoms with Gasteiger partial charge in [-0.1, -0.05) is 6.08 Å². The van der Waals surface area contributed by atoms with Crippen LogP contribution < -0.4 is 5.73 Å². The molecule has 0 fully saturated rings. The highest BCUT2D eigenvalue weighted by atomic mass is 15.3. The van der Waals surface area contributed by atoms with E-state index in [1.54, 1.807) is 0 Å². The molecule has 1 aromatic rings. The number of nitrogens with two attached hydrogens (primary N) is 1. The Balaban J connectivity index is 2.35. The molecule has 0 aliphatic heterocycles. The molecule has 3 heteroatoms. The molecule has 1 heterocycles. The molecule has 0 unspecified atom stereocenters. The SMILES string of the molecule is C=CCCCn1cc(CCN)cn1. The molecule has 0 saturated heterocycles. The molecule has 0 aliphatic rings. The summed E-state index contributed by atoms with van der Waals surface area (Å²) < 4.78 is 1.97. The van der Waals surface area contributed by atoms with Crippen molar-refractivity contribution in [3.05, 3.63) is 30.6 Å². The van der Waals surface area contributed by atoms with E-state index in [-0.39, 0.29) is 0 Å². The quantitative estimate of drug-likeness (QED) is 0.529. The van der Waals surface area contributed by atoms with Crippen LogP contribution in [0.2, 0.25) is 0 Å². The topological polar surface area (TPSA) is 43.8 Å². The Morgan fingerprint density at radius 1 is 1.62 bits per heavy atom. The second-order valence-corrected chi connectivity index (χ2v) is 3.08. The third-order valence-electron chi connectivity index (χ3n) is 1.92. The zero-order chi connectivity index (χ0) is 9.52. The third-order valence-corrected chi connectivity index (χ3v) is 1.92. The maximum Gasteiger partial charge on any atom is 0.0522 e. The highest BCUT2D eigenvalue weighted by molar-refractivity contribution is 5.03. The zero-order valence-electron chi connectivity index (χ0n) is 7.95. The first-order valence-electron chi connectivity index (χ1n) is 4.69. The first-order chi connectivity index (χ1) is 6.36. The van der Waals surface area contributed by atoms with Gasteiger partial charge in [0.15, 0.2) is 0 Å². The van der Waals surface area contributed by atoms with Gasteiger partial charge in [-0.25, -0.2) is 0 Å². The van der Waals surface area contributed by atoms with E-state index in [1.807, 2.05) is 17.0 Å². The van der Waals surface area contributed by atoms with Crippen molar-refractivity contribution in [1.29, 1.82) is 0 Å². The van der Waals surface area contributed by atoms with E-state index in [0.717, 1.165) is 25.8 Å². The van der Waals surface area contributed by atoms with Gasteiger partial charge < -0.3 is 5.73 Å². The maximum absolute atomic E-state index is 5.44. The van der Waals surface area contributed by atoms with Crippen LogP contribution in [-0.4, -0.2) is 16.3 Å². The first-order valence-corrected chi connectivity index (χ1v) is 4.69. The van der Waals surface area contributed by atoms with Crippen LogP contribution in [0, 0.1) is 0 Å². The zero-order valence-corrected chi connectivity index (χ0v) is 7.95. The average Bonchev–Trinajstić information content (AvgIpc) is 2.54. The number of allylic oxidation sites excluding steroid dienone is 1. The summed E-state index contributed by atoms with van der Waals surface area (Å²) in [5.41, 5.74) is 6.66. The molecule has 1 rings (SSSR count). The highest BCUT2D eigenvalue weighted by Gasteiger charge is 1.96. The van der Waals surface area contributed by atoms with Gasteiger partial charge in [0.25, 0.3) is 0 Å². The van der Waals surface area contributed by atoms with Crippen molar-refractivity contribution >= 4 is 0 Å². The maximum atomic E-state index is 5.44. The minimum absolute atomic E-state index is 0.693. The van der Waals surface area contributed by atoms with E-state index in [2.05, 4.69) is 17.9 Å². The van der Waals surface area contributed by atoms with Crippen LogP contribution in [0.4, 0.5) is 0 Å². The molecule has 72 valence electrons. The van der Waals surface area contributed by atoms with Gasteiger partial charge >= 0.3 is 0 Å². The average molecular weight is 179 g/mol. The van der Waals surface area contributed by atoms with Crippen LogP contribution in [0.5, 0.6) is 0 Å². The molecule has 0 aromatic carbocycles. The fourth-order valence-electron chi connectivity index (χ4n) is 1.22. The van der Waals surface area contributed by atoms with Gasteiger partial charge in [0.1, 0.15) is 0 Å². The van der Waals surface area contributed by atoms with E-state index in [9.17, 15) is 0 Å². The summed E-state index contributed by atoms with van der Waals surface area (Å²) in [5, 5.41) is 4.23. The number of hydrogen-bond acceptors (Lipinski definition) is 2. The first kappa shape index (κ1) is 9.99. The monoisotopic (exact) mass is 179 g/mol. The van der Waals surface area contributed by atoms with Crippen LogP contribution in [0.1, 0.15) is 18.4 Å². The van der Waals surface area contributed by atoms with Crippen LogP contribution in [0.25, 0.3) is 0 Å². The predicted molar refractivity (Wildman–Crippen MR) is 54.4 cm³/mol. The van der Waals surface area contributed by atoms with Crippen molar-refractivity contribution in [2.45, 2.75) is 25.8 Å². The minimum Gasteiger partial charge on any atom is -0.330 e. The molecule has 0 amide bonds. The fraction of sp³-hybridized carbons (Fsp3) is 0.500. The predicted octanol–water partition coefficient (Wildman–Crippen LogP) is 1.35. The smallest absolute Gasteiger partial charge is 0.0522 e. The van der Waals surface area contributed by atoms with Gasteiger partial charge in [-0.05, 0) is 31.4 Å². The molecule has 1 aromatic heterocycles. The van der Waals surface area contributed by atoms with E-state index in [1.165, 1.54) is 5.56 Å². The Bertz CT molecular complexity index is 252. The summed E-state index contributed by atoms with van der Waals surface area (Å²) in [5.74, 6) is 0. The van der Waals surface area contributed by atoms with Crippen molar-refractivity contribution in [3.63, 3.8) is 0 Å². The van der Waals surface area contributed by atoms with E-state index in [4.69, 9.17) is 5.73 Å². The molecular weight excluding hydrogens is 162 g/mol. The standard InChI is InChI=1S/C10H17N3/c1-2-3-4-7-13-9-10(5-6-11)8-12-13/h2,8-9H,1,3-7,11H2. The van der Waals surface area contributed by atoms with Crippen LogP contribution in [0.3, 0.4) is 0 Å². The Labute approximate surface area is 79.2 Å². The second kappa shape index (κ2) is 5.54. The minimum atomic E-state index is 0.693. The number of aromatic nitrogens is 2. The molecule has 0 radical (unpaired) electrons. The third kappa shape index (κ3) is 3.42. The number of nitrogens with zero attached hydrogens (tertiary/aromatic N) is 2. The molecule has 2 N–H and O–H groups in total. The van der Waals surface area contributed by atoms with Gasteiger partial charge in [-0.2, -0.15) is 5.10 Å². The molecular formula is C10H17N3. The van der Waals surface area contributed by atoms with E-state index >= 15 is 0 Å². The van der Waals surface area contributed by atoms with E-state index < -0.39 is 0 Å². The van der Waals surface area contributed by atoms with Crippen LogP contribution >= 0.6 is 0 Å². The van der Waals surface area contributed by atoms with Crippen molar-refractivity contribution in [1.82, 2.24) is 9.78 Å². The Morgan fingerprint density at radius 2 is 2.46 bits per heavy atom. The van der Waals surface area contributed by atoms with Crippen molar-refractivity contribution in [3.8, 4) is 0 Å². The molecule has 13 heavy (non-hydrogen) atoms. The van der Waals surface area contributed by atoms with E-state index in [0.29, 0.717) is 6.54 Å². The largest absolute Gasteiger partial charge is 0.330 e. The number of unbranched alkanes of at least 4 members (excludes halogenated alkanes) is 1.